The van der Waals surface area contributed by atoms with Gasteiger partial charge in [-0.3, -0.25) is 14.4 Å². The molecule has 2 aromatic carbocycles. The van der Waals surface area contributed by atoms with E-state index < -0.39 is 46.4 Å². The second-order valence-electron chi connectivity index (χ2n) is 8.30. The van der Waals surface area contributed by atoms with Crippen molar-refractivity contribution in [3.63, 3.8) is 0 Å². The third-order valence-corrected chi connectivity index (χ3v) is 7.55. The van der Waals surface area contributed by atoms with Gasteiger partial charge in [-0.1, -0.05) is 53.0 Å². The average molecular weight is 542 g/mol. The van der Waals surface area contributed by atoms with E-state index in [1.54, 1.807) is 18.2 Å². The van der Waals surface area contributed by atoms with Gasteiger partial charge >= 0.3 is 5.97 Å². The first-order chi connectivity index (χ1) is 16.4. The SMILES string of the molecule is Cc1cccc(C(CC(=O)O)NC(=O)C2N(C(=O)c3ccc(Cl)c(Cl)c3)CCCN2S(C)(=O)=O)c1. The minimum Gasteiger partial charge on any atom is -0.481 e. The third-order valence-electron chi connectivity index (χ3n) is 5.57. The van der Waals surface area contributed by atoms with E-state index in [9.17, 15) is 27.9 Å². The predicted octanol–water partition coefficient (Wildman–Crippen LogP) is 3.07. The summed E-state index contributed by atoms with van der Waals surface area (Å²) in [7, 11) is -3.90. The maximum absolute atomic E-state index is 13.5. The van der Waals surface area contributed by atoms with Crippen LogP contribution in [-0.4, -0.2) is 66.0 Å². The van der Waals surface area contributed by atoms with Gasteiger partial charge in [0.05, 0.1) is 28.8 Å². The van der Waals surface area contributed by atoms with Crippen molar-refractivity contribution in [2.24, 2.45) is 0 Å². The number of rotatable bonds is 7. The van der Waals surface area contributed by atoms with E-state index in [0.717, 1.165) is 21.0 Å². The van der Waals surface area contributed by atoms with Crippen molar-refractivity contribution >= 4 is 51.0 Å². The number of aryl methyl sites for hydroxylation is 1. The Balaban J connectivity index is 1.99. The van der Waals surface area contributed by atoms with Gasteiger partial charge in [0.25, 0.3) is 11.8 Å². The van der Waals surface area contributed by atoms with Crippen molar-refractivity contribution in [1.82, 2.24) is 14.5 Å². The summed E-state index contributed by atoms with van der Waals surface area (Å²) in [5, 5.41) is 12.4. The number of amides is 2. The quantitative estimate of drug-likeness (QED) is 0.555. The third kappa shape index (κ3) is 6.52. The second-order valence-corrected chi connectivity index (χ2v) is 11.1. The lowest BCUT2D eigenvalue weighted by atomic mass is 10.0. The monoisotopic (exact) mass is 541 g/mol. The Kier molecular flexibility index (Phi) is 8.42. The van der Waals surface area contributed by atoms with E-state index in [4.69, 9.17) is 23.2 Å². The van der Waals surface area contributed by atoms with E-state index in [0.29, 0.717) is 12.0 Å². The Morgan fingerprint density at radius 3 is 2.43 bits per heavy atom. The number of hydrogen-bond donors (Lipinski definition) is 2. The summed E-state index contributed by atoms with van der Waals surface area (Å²) in [6, 6.07) is 10.3. The fourth-order valence-electron chi connectivity index (χ4n) is 3.98. The molecule has 1 heterocycles. The summed E-state index contributed by atoms with van der Waals surface area (Å²) in [5.41, 5.74) is 1.54. The Morgan fingerprint density at radius 1 is 1.11 bits per heavy atom. The molecular formula is C23H25Cl2N3O6S. The van der Waals surface area contributed by atoms with Gasteiger partial charge in [-0.05, 0) is 37.1 Å². The van der Waals surface area contributed by atoms with Gasteiger partial charge in [0.1, 0.15) is 0 Å². The molecule has 0 aromatic heterocycles. The van der Waals surface area contributed by atoms with Gasteiger partial charge in [-0.25, -0.2) is 8.42 Å². The van der Waals surface area contributed by atoms with E-state index >= 15 is 0 Å². The fraction of sp³-hybridized carbons (Fsp3) is 0.348. The molecule has 0 saturated carbocycles. The number of halogens is 2. The van der Waals surface area contributed by atoms with E-state index in [1.165, 1.54) is 18.2 Å². The molecule has 12 heteroatoms. The number of carbonyl (C=O) groups excluding carboxylic acids is 2. The fourth-order valence-corrected chi connectivity index (χ4v) is 5.32. The molecule has 0 spiro atoms. The minimum atomic E-state index is -3.90. The standard InChI is InChI=1S/C23H25Cl2N3O6S/c1-14-5-3-6-15(11-14)19(13-20(29)30)26-21(31)22-27(9-4-10-28(22)35(2,33)34)23(32)16-7-8-17(24)18(25)12-16/h3,5-8,11-12,19,22H,4,9-10,13H2,1-2H3,(H,26,31)(H,29,30). The molecule has 0 radical (unpaired) electrons. The molecule has 2 amide bonds. The molecule has 188 valence electrons. The molecule has 2 unspecified atom stereocenters. The summed E-state index contributed by atoms with van der Waals surface area (Å²) in [6.45, 7) is 1.96. The van der Waals surface area contributed by atoms with Crippen LogP contribution in [0.4, 0.5) is 0 Å². The summed E-state index contributed by atoms with van der Waals surface area (Å²) < 4.78 is 26.1. The summed E-state index contributed by atoms with van der Waals surface area (Å²) >= 11 is 12.0. The molecule has 0 bridgehead atoms. The van der Waals surface area contributed by atoms with Crippen LogP contribution in [0.15, 0.2) is 42.5 Å². The molecule has 1 fully saturated rings. The Labute approximate surface area is 213 Å². The molecule has 1 saturated heterocycles. The normalized spacial score (nSPS) is 17.6. The molecule has 1 aliphatic rings. The lowest BCUT2D eigenvalue weighted by molar-refractivity contribution is -0.138. The number of carboxylic acid groups (broad SMARTS) is 1. The lowest BCUT2D eigenvalue weighted by Crippen LogP contribution is -2.63. The van der Waals surface area contributed by atoms with Crippen LogP contribution >= 0.6 is 23.2 Å². The topological polar surface area (TPSA) is 124 Å². The molecule has 2 aromatic rings. The first-order valence-electron chi connectivity index (χ1n) is 10.7. The summed E-state index contributed by atoms with van der Waals surface area (Å²) in [6.07, 6.45) is -0.681. The molecule has 0 aliphatic carbocycles. The second kappa shape index (κ2) is 10.9. The van der Waals surface area contributed by atoms with E-state index in [2.05, 4.69) is 5.32 Å². The highest BCUT2D eigenvalue weighted by Gasteiger charge is 2.43. The Hall–Kier alpha value is -2.66. The highest BCUT2D eigenvalue weighted by Crippen LogP contribution is 2.27. The van der Waals surface area contributed by atoms with Crippen molar-refractivity contribution in [2.45, 2.75) is 32.0 Å². The highest BCUT2D eigenvalue weighted by atomic mass is 35.5. The number of nitrogens with one attached hydrogen (secondary N) is 1. The molecule has 9 nitrogen and oxygen atoms in total. The van der Waals surface area contributed by atoms with Gasteiger partial charge in [-0.15, -0.1) is 0 Å². The predicted molar refractivity (Wildman–Crippen MR) is 132 cm³/mol. The number of aliphatic carboxylic acids is 1. The van der Waals surface area contributed by atoms with Crippen LogP contribution in [0.3, 0.4) is 0 Å². The Bertz CT molecular complexity index is 1250. The number of hydrogen-bond acceptors (Lipinski definition) is 5. The average Bonchev–Trinajstić information content (AvgIpc) is 2.78. The van der Waals surface area contributed by atoms with Gasteiger partial charge < -0.3 is 15.3 Å². The van der Waals surface area contributed by atoms with Gasteiger partial charge in [-0.2, -0.15) is 4.31 Å². The number of benzene rings is 2. The summed E-state index contributed by atoms with van der Waals surface area (Å²) in [4.78, 5) is 39.5. The van der Waals surface area contributed by atoms with Crippen molar-refractivity contribution in [2.75, 3.05) is 19.3 Å². The maximum atomic E-state index is 13.5. The molecule has 3 rings (SSSR count). The molecule has 2 N–H and O–H groups in total. The minimum absolute atomic E-state index is 0.0239. The zero-order chi connectivity index (χ0) is 25.9. The smallest absolute Gasteiger partial charge is 0.305 e. The van der Waals surface area contributed by atoms with Crippen molar-refractivity contribution < 1.29 is 27.9 Å². The Morgan fingerprint density at radius 2 is 1.83 bits per heavy atom. The van der Waals surface area contributed by atoms with Gasteiger partial charge in [0.2, 0.25) is 10.0 Å². The van der Waals surface area contributed by atoms with Gasteiger partial charge in [0, 0.05) is 18.7 Å². The van der Waals surface area contributed by atoms with Crippen LogP contribution in [0, 0.1) is 6.92 Å². The van der Waals surface area contributed by atoms with Crippen LogP contribution in [-0.2, 0) is 19.6 Å². The van der Waals surface area contributed by atoms with Crippen LogP contribution in [0.5, 0.6) is 0 Å². The first-order valence-corrected chi connectivity index (χ1v) is 13.3. The molecule has 2 atom stereocenters. The van der Waals surface area contributed by atoms with Gasteiger partial charge in [0.15, 0.2) is 6.17 Å². The first kappa shape index (κ1) is 26.9. The number of carboxylic acids is 1. The van der Waals surface area contributed by atoms with Crippen molar-refractivity contribution in [1.29, 1.82) is 0 Å². The van der Waals surface area contributed by atoms with Crippen LogP contribution in [0.25, 0.3) is 0 Å². The number of nitrogens with zero attached hydrogens (tertiary/aromatic N) is 2. The van der Waals surface area contributed by atoms with E-state index in [-0.39, 0.29) is 28.7 Å². The van der Waals surface area contributed by atoms with Crippen LogP contribution in [0.1, 0.15) is 40.4 Å². The molecular weight excluding hydrogens is 517 g/mol. The molecule has 1 aliphatic heterocycles. The molecule has 35 heavy (non-hydrogen) atoms. The van der Waals surface area contributed by atoms with E-state index in [1.807, 2.05) is 13.0 Å². The maximum Gasteiger partial charge on any atom is 0.305 e. The summed E-state index contributed by atoms with van der Waals surface area (Å²) in [5.74, 6) is -2.57. The zero-order valence-electron chi connectivity index (χ0n) is 19.1. The highest BCUT2D eigenvalue weighted by molar-refractivity contribution is 7.88. The van der Waals surface area contributed by atoms with Crippen LogP contribution in [0.2, 0.25) is 10.0 Å². The lowest BCUT2D eigenvalue weighted by Gasteiger charge is -2.41. The largest absolute Gasteiger partial charge is 0.481 e. The zero-order valence-corrected chi connectivity index (χ0v) is 21.4. The van der Waals surface area contributed by atoms with Crippen LogP contribution < -0.4 is 5.32 Å². The van der Waals surface area contributed by atoms with Crippen molar-refractivity contribution in [3.05, 3.63) is 69.2 Å². The van der Waals surface area contributed by atoms with Crippen molar-refractivity contribution in [3.8, 4) is 0 Å². The number of carbonyl (C=O) groups is 3. The number of sulfonamides is 1.